The van der Waals surface area contributed by atoms with Gasteiger partial charge in [-0.25, -0.2) is 0 Å². The minimum absolute atomic E-state index is 0.964. The van der Waals surface area contributed by atoms with Crippen molar-refractivity contribution >= 4 is 28.4 Å². The zero-order chi connectivity index (χ0) is 12.5. The summed E-state index contributed by atoms with van der Waals surface area (Å²) in [6, 6.07) is 14.6. The van der Waals surface area contributed by atoms with Crippen molar-refractivity contribution in [2.45, 2.75) is 0 Å². The molecule has 4 heteroatoms. The molecule has 2 aromatic carbocycles. The fraction of sp³-hybridized carbons (Fsp3) is 0.143. The Morgan fingerprint density at radius 1 is 0.944 bits per heavy atom. The van der Waals surface area contributed by atoms with E-state index in [2.05, 4.69) is 64.1 Å². The van der Waals surface area contributed by atoms with E-state index in [0.717, 1.165) is 11.0 Å². The molecule has 0 amide bonds. The molecule has 0 aliphatic heterocycles. The van der Waals surface area contributed by atoms with Crippen molar-refractivity contribution in [3.05, 3.63) is 42.5 Å². The molecule has 0 unspecified atom stereocenters. The maximum Gasteiger partial charge on any atom is 0.105 e. The number of para-hydroxylation sites is 1. The van der Waals surface area contributed by atoms with Gasteiger partial charge in [0.1, 0.15) is 11.0 Å². The monoisotopic (exact) mass is 255 g/mol. The molecule has 1 aromatic heterocycles. The molecule has 0 aliphatic rings. The van der Waals surface area contributed by atoms with Crippen LogP contribution in [0.5, 0.6) is 0 Å². The van der Waals surface area contributed by atoms with Crippen LogP contribution in [-0.4, -0.2) is 22.8 Å². The normalized spacial score (nSPS) is 10.8. The molecule has 1 heterocycles. The highest BCUT2D eigenvalue weighted by molar-refractivity contribution is 7.00. The summed E-state index contributed by atoms with van der Waals surface area (Å²) in [7, 11) is 4.11. The van der Waals surface area contributed by atoms with Gasteiger partial charge in [-0.3, -0.25) is 0 Å². The quantitative estimate of drug-likeness (QED) is 0.702. The van der Waals surface area contributed by atoms with Crippen molar-refractivity contribution in [3.63, 3.8) is 0 Å². The van der Waals surface area contributed by atoms with Gasteiger partial charge in [0.2, 0.25) is 0 Å². The van der Waals surface area contributed by atoms with E-state index >= 15 is 0 Å². The van der Waals surface area contributed by atoms with Gasteiger partial charge in [-0.05, 0) is 23.8 Å². The summed E-state index contributed by atoms with van der Waals surface area (Å²) in [6.45, 7) is 0. The van der Waals surface area contributed by atoms with Gasteiger partial charge in [-0.2, -0.15) is 8.75 Å². The fourth-order valence-corrected chi connectivity index (χ4v) is 2.57. The second-order valence-electron chi connectivity index (χ2n) is 4.38. The van der Waals surface area contributed by atoms with E-state index in [9.17, 15) is 0 Å². The van der Waals surface area contributed by atoms with Crippen LogP contribution >= 0.6 is 11.7 Å². The Balaban J connectivity index is 2.19. The molecule has 0 spiro atoms. The van der Waals surface area contributed by atoms with E-state index in [0.29, 0.717) is 0 Å². The van der Waals surface area contributed by atoms with Crippen molar-refractivity contribution in [1.29, 1.82) is 0 Å². The Labute approximate surface area is 110 Å². The van der Waals surface area contributed by atoms with E-state index in [1.165, 1.54) is 28.5 Å². The average molecular weight is 255 g/mol. The van der Waals surface area contributed by atoms with E-state index in [1.54, 1.807) is 0 Å². The van der Waals surface area contributed by atoms with Crippen LogP contribution in [-0.2, 0) is 0 Å². The second-order valence-corrected chi connectivity index (χ2v) is 4.91. The number of hydrogen-bond acceptors (Lipinski definition) is 4. The molecule has 18 heavy (non-hydrogen) atoms. The van der Waals surface area contributed by atoms with Gasteiger partial charge < -0.3 is 4.90 Å². The molecule has 90 valence electrons. The number of fused-ring (bicyclic) bond motifs is 1. The van der Waals surface area contributed by atoms with E-state index in [-0.39, 0.29) is 0 Å². The molecular weight excluding hydrogens is 242 g/mol. The molecule has 0 bridgehead atoms. The van der Waals surface area contributed by atoms with Crippen LogP contribution in [0.15, 0.2) is 42.5 Å². The summed E-state index contributed by atoms with van der Waals surface area (Å²) in [5.41, 5.74) is 5.54. The third-order valence-electron chi connectivity index (χ3n) is 2.95. The molecule has 0 saturated heterocycles. The smallest absolute Gasteiger partial charge is 0.105 e. The summed E-state index contributed by atoms with van der Waals surface area (Å²) in [4.78, 5) is 2.12. The third kappa shape index (κ3) is 1.84. The average Bonchev–Trinajstić information content (AvgIpc) is 2.85. The highest BCUT2D eigenvalue weighted by atomic mass is 32.1. The van der Waals surface area contributed by atoms with Crippen molar-refractivity contribution in [1.82, 2.24) is 8.75 Å². The number of hydrogen-bond donors (Lipinski definition) is 0. The SMILES string of the molecule is CN(C)c1ccccc1-c1ccc2nsnc2c1. The van der Waals surface area contributed by atoms with Crippen LogP contribution in [0.1, 0.15) is 0 Å². The van der Waals surface area contributed by atoms with Crippen LogP contribution in [0.25, 0.3) is 22.2 Å². The third-order valence-corrected chi connectivity index (χ3v) is 3.51. The largest absolute Gasteiger partial charge is 0.377 e. The first kappa shape index (κ1) is 11.2. The van der Waals surface area contributed by atoms with Gasteiger partial charge in [0, 0.05) is 25.3 Å². The Bertz CT molecular complexity index is 688. The first-order chi connectivity index (χ1) is 8.75. The maximum atomic E-state index is 4.30. The van der Waals surface area contributed by atoms with Gasteiger partial charge in [-0.1, -0.05) is 24.3 Å². The Kier molecular flexibility index (Phi) is 2.72. The lowest BCUT2D eigenvalue weighted by Gasteiger charge is -2.17. The van der Waals surface area contributed by atoms with Gasteiger partial charge in [0.05, 0.1) is 11.7 Å². The maximum absolute atomic E-state index is 4.30. The minimum atomic E-state index is 0.964. The van der Waals surface area contributed by atoms with Crippen LogP contribution < -0.4 is 4.90 Å². The van der Waals surface area contributed by atoms with Crippen molar-refractivity contribution in [2.75, 3.05) is 19.0 Å². The van der Waals surface area contributed by atoms with Crippen LogP contribution in [0.3, 0.4) is 0 Å². The highest BCUT2D eigenvalue weighted by Crippen LogP contribution is 2.31. The van der Waals surface area contributed by atoms with Crippen LogP contribution in [0.4, 0.5) is 5.69 Å². The standard InChI is InChI=1S/C14H13N3S/c1-17(2)14-6-4-3-5-11(14)10-7-8-12-13(9-10)16-18-15-12/h3-9H,1-2H3. The molecule has 0 fully saturated rings. The molecule has 3 rings (SSSR count). The van der Waals surface area contributed by atoms with Gasteiger partial charge in [0.15, 0.2) is 0 Å². The van der Waals surface area contributed by atoms with Crippen LogP contribution in [0.2, 0.25) is 0 Å². The molecule has 0 N–H and O–H groups in total. The fourth-order valence-electron chi connectivity index (χ4n) is 2.06. The Morgan fingerprint density at radius 2 is 1.72 bits per heavy atom. The summed E-state index contributed by atoms with van der Waals surface area (Å²) < 4.78 is 8.53. The molecular formula is C14H13N3S. The molecule has 0 aliphatic carbocycles. The Morgan fingerprint density at radius 3 is 2.56 bits per heavy atom. The van der Waals surface area contributed by atoms with Crippen molar-refractivity contribution in [2.24, 2.45) is 0 Å². The lowest BCUT2D eigenvalue weighted by atomic mass is 10.0. The zero-order valence-corrected chi connectivity index (χ0v) is 11.1. The first-order valence-corrected chi connectivity index (χ1v) is 6.48. The minimum Gasteiger partial charge on any atom is -0.377 e. The Hall–Kier alpha value is -1.94. The summed E-state index contributed by atoms with van der Waals surface area (Å²) in [6.07, 6.45) is 0. The molecule has 0 radical (unpaired) electrons. The van der Waals surface area contributed by atoms with E-state index in [4.69, 9.17) is 0 Å². The molecule has 3 aromatic rings. The number of rotatable bonds is 2. The first-order valence-electron chi connectivity index (χ1n) is 5.75. The second kappa shape index (κ2) is 4.38. The topological polar surface area (TPSA) is 29.0 Å². The predicted octanol–water partition coefficient (Wildman–Crippen LogP) is 3.42. The number of nitrogens with zero attached hydrogens (tertiary/aromatic N) is 3. The van der Waals surface area contributed by atoms with Crippen molar-refractivity contribution < 1.29 is 0 Å². The van der Waals surface area contributed by atoms with Crippen LogP contribution in [0, 0.1) is 0 Å². The summed E-state index contributed by atoms with van der Waals surface area (Å²) in [5, 5.41) is 0. The van der Waals surface area contributed by atoms with E-state index in [1.807, 2.05) is 6.07 Å². The van der Waals surface area contributed by atoms with Gasteiger partial charge in [-0.15, -0.1) is 0 Å². The zero-order valence-electron chi connectivity index (χ0n) is 10.3. The van der Waals surface area contributed by atoms with Gasteiger partial charge in [0.25, 0.3) is 0 Å². The lowest BCUT2D eigenvalue weighted by molar-refractivity contribution is 1.13. The lowest BCUT2D eigenvalue weighted by Crippen LogP contribution is -2.09. The summed E-state index contributed by atoms with van der Waals surface area (Å²) >= 11 is 1.26. The van der Waals surface area contributed by atoms with Gasteiger partial charge >= 0.3 is 0 Å². The van der Waals surface area contributed by atoms with Crippen molar-refractivity contribution in [3.8, 4) is 11.1 Å². The molecule has 0 saturated carbocycles. The predicted molar refractivity (Wildman–Crippen MR) is 77.2 cm³/mol. The molecule has 3 nitrogen and oxygen atoms in total. The van der Waals surface area contributed by atoms with E-state index < -0.39 is 0 Å². The number of benzene rings is 2. The highest BCUT2D eigenvalue weighted by Gasteiger charge is 2.07. The molecule has 0 atom stereocenters. The number of anilines is 1. The number of aromatic nitrogens is 2. The summed E-state index contributed by atoms with van der Waals surface area (Å²) in [5.74, 6) is 0.